The van der Waals surface area contributed by atoms with E-state index < -0.39 is 5.97 Å². The summed E-state index contributed by atoms with van der Waals surface area (Å²) in [7, 11) is 1.55. The van der Waals surface area contributed by atoms with Crippen molar-refractivity contribution in [1.82, 2.24) is 19.9 Å². The van der Waals surface area contributed by atoms with Crippen LogP contribution in [0.25, 0.3) is 0 Å². The van der Waals surface area contributed by atoms with Crippen LogP contribution in [0.15, 0.2) is 6.20 Å². The Morgan fingerprint density at radius 3 is 2.83 bits per heavy atom. The second-order valence-electron chi connectivity index (χ2n) is 4.08. The molecule has 98 valence electrons. The molecule has 1 aliphatic heterocycles. The fraction of sp³-hybridized carbons (Fsp3) is 0.600. The molecular weight excluding hydrogens is 240 g/mol. The summed E-state index contributed by atoms with van der Waals surface area (Å²) in [4.78, 5) is 23.9. The number of nitrogens with zero attached hydrogens (tertiary/aromatic N) is 4. The minimum atomic E-state index is -1.10. The van der Waals surface area contributed by atoms with Crippen molar-refractivity contribution in [2.75, 3.05) is 26.8 Å². The van der Waals surface area contributed by atoms with Gasteiger partial charge in [0.25, 0.3) is 0 Å². The van der Waals surface area contributed by atoms with E-state index in [4.69, 9.17) is 9.84 Å². The zero-order chi connectivity index (χ0) is 13.1. The third-order valence-electron chi connectivity index (χ3n) is 2.84. The highest BCUT2D eigenvalue weighted by Crippen LogP contribution is 2.20. The minimum absolute atomic E-state index is 0.0112. The Labute approximate surface area is 103 Å². The molecule has 0 aromatic carbocycles. The fourth-order valence-electron chi connectivity index (χ4n) is 1.73. The van der Waals surface area contributed by atoms with Gasteiger partial charge in [-0.25, -0.2) is 9.48 Å². The number of ether oxygens (including phenoxy) is 1. The van der Waals surface area contributed by atoms with Crippen molar-refractivity contribution in [1.29, 1.82) is 0 Å². The molecule has 1 aromatic rings. The molecule has 0 aliphatic carbocycles. The van der Waals surface area contributed by atoms with Gasteiger partial charge in [0.15, 0.2) is 5.69 Å². The van der Waals surface area contributed by atoms with Crippen LogP contribution >= 0.6 is 0 Å². The van der Waals surface area contributed by atoms with Crippen LogP contribution in [0, 0.1) is 0 Å². The lowest BCUT2D eigenvalue weighted by Gasteiger charge is -2.38. The number of hydrogen-bond acceptors (Lipinski definition) is 5. The van der Waals surface area contributed by atoms with E-state index in [1.54, 1.807) is 12.0 Å². The molecule has 1 amide bonds. The Hall–Kier alpha value is -1.96. The van der Waals surface area contributed by atoms with Gasteiger partial charge in [0.2, 0.25) is 5.91 Å². The van der Waals surface area contributed by atoms with Gasteiger partial charge in [-0.15, -0.1) is 5.10 Å². The molecule has 1 aromatic heterocycles. The molecule has 18 heavy (non-hydrogen) atoms. The van der Waals surface area contributed by atoms with Crippen LogP contribution in [-0.2, 0) is 9.53 Å². The zero-order valence-electron chi connectivity index (χ0n) is 9.94. The Morgan fingerprint density at radius 2 is 2.28 bits per heavy atom. The molecule has 2 rings (SSSR count). The van der Waals surface area contributed by atoms with E-state index in [2.05, 4.69) is 10.3 Å². The number of amides is 1. The number of likely N-dealkylation sites (tertiary alicyclic amines) is 1. The Morgan fingerprint density at radius 1 is 1.56 bits per heavy atom. The van der Waals surface area contributed by atoms with Gasteiger partial charge in [-0.3, -0.25) is 4.79 Å². The maximum atomic E-state index is 11.6. The van der Waals surface area contributed by atoms with E-state index in [1.165, 1.54) is 10.9 Å². The Bertz CT molecular complexity index is 452. The molecule has 0 spiro atoms. The molecule has 1 N–H and O–H groups in total. The third kappa shape index (κ3) is 2.48. The molecule has 8 heteroatoms. The minimum Gasteiger partial charge on any atom is -0.476 e. The summed E-state index contributed by atoms with van der Waals surface area (Å²) in [6.45, 7) is 1.47. The zero-order valence-corrected chi connectivity index (χ0v) is 9.94. The molecule has 0 radical (unpaired) electrons. The van der Waals surface area contributed by atoms with Crippen molar-refractivity contribution < 1.29 is 19.4 Å². The van der Waals surface area contributed by atoms with Crippen molar-refractivity contribution in [2.45, 2.75) is 12.5 Å². The Kier molecular flexibility index (Phi) is 3.56. The third-order valence-corrected chi connectivity index (χ3v) is 2.84. The highest BCUT2D eigenvalue weighted by atomic mass is 16.5. The van der Waals surface area contributed by atoms with Gasteiger partial charge in [0.05, 0.1) is 25.3 Å². The first kappa shape index (κ1) is 12.5. The van der Waals surface area contributed by atoms with Crippen molar-refractivity contribution >= 4 is 11.9 Å². The predicted octanol–water partition coefficient (Wildman–Crippen LogP) is -0.604. The van der Waals surface area contributed by atoms with E-state index in [0.29, 0.717) is 26.1 Å². The second kappa shape index (κ2) is 5.13. The van der Waals surface area contributed by atoms with E-state index in [-0.39, 0.29) is 17.6 Å². The van der Waals surface area contributed by atoms with Crippen LogP contribution in [0.5, 0.6) is 0 Å². The average Bonchev–Trinajstić information content (AvgIpc) is 2.73. The molecule has 8 nitrogen and oxygen atoms in total. The standard InChI is InChI=1S/C10H14N4O4/c1-18-3-2-9(15)13-4-7(5-13)14-6-8(10(16)17)11-12-14/h6-7H,2-5H2,1H3,(H,16,17). The fourth-order valence-corrected chi connectivity index (χ4v) is 1.73. The molecule has 1 fully saturated rings. The van der Waals surface area contributed by atoms with Crippen LogP contribution in [-0.4, -0.2) is 63.7 Å². The van der Waals surface area contributed by atoms with Crippen molar-refractivity contribution in [3.05, 3.63) is 11.9 Å². The number of hydrogen-bond donors (Lipinski definition) is 1. The first-order valence-corrected chi connectivity index (χ1v) is 5.53. The van der Waals surface area contributed by atoms with E-state index in [9.17, 15) is 9.59 Å². The lowest BCUT2D eigenvalue weighted by molar-refractivity contribution is -0.138. The summed E-state index contributed by atoms with van der Waals surface area (Å²) in [6.07, 6.45) is 1.74. The van der Waals surface area contributed by atoms with Crippen LogP contribution in [0.3, 0.4) is 0 Å². The lowest BCUT2D eigenvalue weighted by atomic mass is 10.1. The van der Waals surface area contributed by atoms with Crippen molar-refractivity contribution in [2.24, 2.45) is 0 Å². The van der Waals surface area contributed by atoms with Crippen LogP contribution < -0.4 is 0 Å². The van der Waals surface area contributed by atoms with Crippen LogP contribution in [0.1, 0.15) is 23.0 Å². The Balaban J connectivity index is 1.84. The predicted molar refractivity (Wildman–Crippen MR) is 59.1 cm³/mol. The number of carbonyl (C=O) groups is 2. The molecule has 1 aliphatic rings. The lowest BCUT2D eigenvalue weighted by Crippen LogP contribution is -2.51. The summed E-state index contributed by atoms with van der Waals surface area (Å²) in [5, 5.41) is 16.0. The average molecular weight is 254 g/mol. The monoisotopic (exact) mass is 254 g/mol. The normalized spacial score (nSPS) is 15.5. The van der Waals surface area contributed by atoms with Crippen molar-refractivity contribution in [3.8, 4) is 0 Å². The largest absolute Gasteiger partial charge is 0.476 e. The second-order valence-corrected chi connectivity index (χ2v) is 4.08. The summed E-state index contributed by atoms with van der Waals surface area (Å²) in [5.74, 6) is -1.07. The topological polar surface area (TPSA) is 97.5 Å². The highest BCUT2D eigenvalue weighted by molar-refractivity contribution is 5.84. The van der Waals surface area contributed by atoms with Gasteiger partial charge < -0.3 is 14.7 Å². The smallest absolute Gasteiger partial charge is 0.358 e. The molecule has 0 atom stereocenters. The SMILES string of the molecule is COCCC(=O)N1CC(n2cc(C(=O)O)nn2)C1. The number of carbonyl (C=O) groups excluding carboxylic acids is 1. The van der Waals surface area contributed by atoms with E-state index >= 15 is 0 Å². The van der Waals surface area contributed by atoms with E-state index in [0.717, 1.165) is 0 Å². The summed E-state index contributed by atoms with van der Waals surface area (Å²) >= 11 is 0. The van der Waals surface area contributed by atoms with Gasteiger partial charge in [0.1, 0.15) is 0 Å². The first-order chi connectivity index (χ1) is 8.61. The van der Waals surface area contributed by atoms with E-state index in [1.807, 2.05) is 0 Å². The van der Waals surface area contributed by atoms with Crippen molar-refractivity contribution in [3.63, 3.8) is 0 Å². The highest BCUT2D eigenvalue weighted by Gasteiger charge is 2.32. The first-order valence-electron chi connectivity index (χ1n) is 5.53. The molecule has 0 unspecified atom stereocenters. The number of carboxylic acids is 1. The summed E-state index contributed by atoms with van der Waals surface area (Å²) < 4.78 is 6.32. The maximum Gasteiger partial charge on any atom is 0.358 e. The number of rotatable bonds is 5. The maximum absolute atomic E-state index is 11.6. The van der Waals surface area contributed by atoms with Gasteiger partial charge in [0, 0.05) is 20.2 Å². The molecular formula is C10H14N4O4. The van der Waals surface area contributed by atoms with Crippen LogP contribution in [0.2, 0.25) is 0 Å². The molecule has 1 saturated heterocycles. The number of aromatic carboxylic acids is 1. The number of methoxy groups -OCH3 is 1. The summed E-state index contributed by atoms with van der Waals surface area (Å²) in [6, 6.07) is 0.0112. The molecule has 0 saturated carbocycles. The van der Waals surface area contributed by atoms with Gasteiger partial charge in [-0.05, 0) is 0 Å². The van der Waals surface area contributed by atoms with Gasteiger partial charge in [-0.2, -0.15) is 0 Å². The number of carboxylic acid groups (broad SMARTS) is 1. The quantitative estimate of drug-likeness (QED) is 0.753. The number of aromatic nitrogens is 3. The summed E-state index contributed by atoms with van der Waals surface area (Å²) in [5.41, 5.74) is -0.0841. The molecule has 0 bridgehead atoms. The van der Waals surface area contributed by atoms with Gasteiger partial charge in [-0.1, -0.05) is 5.21 Å². The van der Waals surface area contributed by atoms with Gasteiger partial charge >= 0.3 is 5.97 Å². The van der Waals surface area contributed by atoms with Crippen LogP contribution in [0.4, 0.5) is 0 Å². The molecule has 2 heterocycles.